The van der Waals surface area contributed by atoms with E-state index >= 15 is 0 Å². The Morgan fingerprint density at radius 1 is 1.36 bits per heavy atom. The number of hydrogen-bond donors (Lipinski definition) is 1. The molecule has 0 unspecified atom stereocenters. The molecular formula is C13H18O. The van der Waals surface area contributed by atoms with Gasteiger partial charge in [0.2, 0.25) is 0 Å². The fourth-order valence-corrected chi connectivity index (χ4v) is 2.44. The van der Waals surface area contributed by atoms with E-state index in [1.165, 1.54) is 18.4 Å². The van der Waals surface area contributed by atoms with Crippen LogP contribution in [0.25, 0.3) is 0 Å². The van der Waals surface area contributed by atoms with Crippen molar-refractivity contribution < 1.29 is 5.11 Å². The Balaban J connectivity index is 2.05. The lowest BCUT2D eigenvalue weighted by Crippen LogP contribution is -2.30. The molecule has 1 aromatic rings. The quantitative estimate of drug-likeness (QED) is 0.760. The van der Waals surface area contributed by atoms with Crippen molar-refractivity contribution in [1.29, 1.82) is 0 Å². The molecule has 1 aromatic carbocycles. The second-order valence-electron chi connectivity index (χ2n) is 4.64. The molecule has 1 heteroatoms. The number of rotatable bonds is 2. The summed E-state index contributed by atoms with van der Waals surface area (Å²) >= 11 is 0. The predicted molar refractivity (Wildman–Crippen MR) is 58.1 cm³/mol. The summed E-state index contributed by atoms with van der Waals surface area (Å²) in [5, 5.41) is 10.1. The average molecular weight is 190 g/mol. The van der Waals surface area contributed by atoms with Crippen LogP contribution in [0.1, 0.15) is 31.7 Å². The lowest BCUT2D eigenvalue weighted by molar-refractivity contribution is 0.0214. The summed E-state index contributed by atoms with van der Waals surface area (Å²) in [5.74, 6) is 0.449. The Kier molecular flexibility index (Phi) is 2.60. The summed E-state index contributed by atoms with van der Waals surface area (Å²) in [6, 6.07) is 10.5. The van der Waals surface area contributed by atoms with Gasteiger partial charge in [0.25, 0.3) is 0 Å². The molecule has 1 aliphatic rings. The summed E-state index contributed by atoms with van der Waals surface area (Å²) in [5.41, 5.74) is 0.912. The van der Waals surface area contributed by atoms with E-state index in [1.807, 2.05) is 13.0 Å². The second kappa shape index (κ2) is 3.74. The maximum atomic E-state index is 10.1. The summed E-state index contributed by atoms with van der Waals surface area (Å²) in [7, 11) is 0. The van der Waals surface area contributed by atoms with Gasteiger partial charge >= 0.3 is 0 Å². The molecule has 0 bridgehead atoms. The highest BCUT2D eigenvalue weighted by molar-refractivity contribution is 5.16. The molecule has 76 valence electrons. The smallest absolute Gasteiger partial charge is 0.0651 e. The van der Waals surface area contributed by atoms with E-state index in [0.29, 0.717) is 5.92 Å². The van der Waals surface area contributed by atoms with Crippen LogP contribution in [0.5, 0.6) is 0 Å². The molecule has 0 saturated heterocycles. The monoisotopic (exact) mass is 190 g/mol. The SMILES string of the molecule is C[C@]1(O)CCC[C@H]1Cc1ccccc1. The molecule has 1 nitrogen and oxygen atoms in total. The minimum atomic E-state index is -0.435. The van der Waals surface area contributed by atoms with E-state index in [4.69, 9.17) is 0 Å². The van der Waals surface area contributed by atoms with Crippen LogP contribution in [0.15, 0.2) is 30.3 Å². The molecule has 2 atom stereocenters. The van der Waals surface area contributed by atoms with Crippen LogP contribution < -0.4 is 0 Å². The van der Waals surface area contributed by atoms with E-state index in [9.17, 15) is 5.11 Å². The van der Waals surface area contributed by atoms with Crippen molar-refractivity contribution in [3.05, 3.63) is 35.9 Å². The summed E-state index contributed by atoms with van der Waals surface area (Å²) in [6.45, 7) is 1.98. The van der Waals surface area contributed by atoms with Crippen LogP contribution in [0, 0.1) is 5.92 Å². The fourth-order valence-electron chi connectivity index (χ4n) is 2.44. The minimum absolute atomic E-state index is 0.435. The van der Waals surface area contributed by atoms with Gasteiger partial charge in [-0.1, -0.05) is 36.8 Å². The Bertz CT molecular complexity index is 289. The van der Waals surface area contributed by atoms with E-state index < -0.39 is 5.60 Å². The second-order valence-corrected chi connectivity index (χ2v) is 4.64. The maximum absolute atomic E-state index is 10.1. The lowest BCUT2D eigenvalue weighted by atomic mass is 9.87. The van der Waals surface area contributed by atoms with Gasteiger partial charge in [-0.3, -0.25) is 0 Å². The normalized spacial score (nSPS) is 32.0. The summed E-state index contributed by atoms with van der Waals surface area (Å²) in [4.78, 5) is 0. The van der Waals surface area contributed by atoms with Crippen LogP contribution in [0.3, 0.4) is 0 Å². The van der Waals surface area contributed by atoms with Gasteiger partial charge < -0.3 is 5.11 Å². The van der Waals surface area contributed by atoms with Gasteiger partial charge in [-0.2, -0.15) is 0 Å². The Morgan fingerprint density at radius 3 is 2.64 bits per heavy atom. The van der Waals surface area contributed by atoms with Crippen LogP contribution in [0.4, 0.5) is 0 Å². The minimum Gasteiger partial charge on any atom is -0.390 e. The van der Waals surface area contributed by atoms with Crippen molar-refractivity contribution >= 4 is 0 Å². The third-order valence-corrected chi connectivity index (χ3v) is 3.44. The van der Waals surface area contributed by atoms with Crippen LogP contribution >= 0.6 is 0 Å². The average Bonchev–Trinajstić information content (AvgIpc) is 2.48. The highest BCUT2D eigenvalue weighted by Crippen LogP contribution is 2.37. The molecule has 1 N–H and O–H groups in total. The van der Waals surface area contributed by atoms with Gasteiger partial charge in [0.05, 0.1) is 5.60 Å². The first-order chi connectivity index (χ1) is 6.68. The van der Waals surface area contributed by atoms with E-state index in [-0.39, 0.29) is 0 Å². The Hall–Kier alpha value is -0.820. The maximum Gasteiger partial charge on any atom is 0.0651 e. The van der Waals surface area contributed by atoms with E-state index in [0.717, 1.165) is 12.8 Å². The first-order valence-electron chi connectivity index (χ1n) is 5.45. The molecule has 0 radical (unpaired) electrons. The summed E-state index contributed by atoms with van der Waals surface area (Å²) < 4.78 is 0. The van der Waals surface area contributed by atoms with Crippen molar-refractivity contribution in [2.45, 2.75) is 38.2 Å². The van der Waals surface area contributed by atoms with Gasteiger partial charge in [-0.15, -0.1) is 0 Å². The van der Waals surface area contributed by atoms with E-state index in [1.54, 1.807) is 0 Å². The molecule has 0 aliphatic heterocycles. The van der Waals surface area contributed by atoms with Crippen molar-refractivity contribution in [3.63, 3.8) is 0 Å². The standard InChI is InChI=1S/C13H18O/c1-13(14)9-5-8-12(13)10-11-6-3-2-4-7-11/h2-4,6-7,12,14H,5,8-10H2,1H3/t12-,13-/m0/s1. The number of benzene rings is 1. The number of aliphatic hydroxyl groups is 1. The van der Waals surface area contributed by atoms with Crippen molar-refractivity contribution in [2.24, 2.45) is 5.92 Å². The summed E-state index contributed by atoms with van der Waals surface area (Å²) in [6.07, 6.45) is 4.32. The molecular weight excluding hydrogens is 172 g/mol. The van der Waals surface area contributed by atoms with Gasteiger partial charge in [-0.05, 0) is 37.7 Å². The third kappa shape index (κ3) is 1.98. The number of hydrogen-bond acceptors (Lipinski definition) is 1. The van der Waals surface area contributed by atoms with Crippen LogP contribution in [0.2, 0.25) is 0 Å². The first-order valence-corrected chi connectivity index (χ1v) is 5.45. The highest BCUT2D eigenvalue weighted by Gasteiger charge is 2.36. The molecule has 0 heterocycles. The fraction of sp³-hybridized carbons (Fsp3) is 0.538. The molecule has 1 saturated carbocycles. The van der Waals surface area contributed by atoms with Gasteiger partial charge in [-0.25, -0.2) is 0 Å². The van der Waals surface area contributed by atoms with Crippen molar-refractivity contribution in [2.75, 3.05) is 0 Å². The zero-order valence-electron chi connectivity index (χ0n) is 8.74. The molecule has 0 amide bonds. The Morgan fingerprint density at radius 2 is 2.07 bits per heavy atom. The first kappa shape index (κ1) is 9.72. The molecule has 1 fully saturated rings. The van der Waals surface area contributed by atoms with Crippen LogP contribution in [-0.2, 0) is 6.42 Å². The molecule has 14 heavy (non-hydrogen) atoms. The van der Waals surface area contributed by atoms with Gasteiger partial charge in [0.1, 0.15) is 0 Å². The predicted octanol–water partition coefficient (Wildman–Crippen LogP) is 2.78. The van der Waals surface area contributed by atoms with Crippen molar-refractivity contribution in [1.82, 2.24) is 0 Å². The molecule has 2 rings (SSSR count). The van der Waals surface area contributed by atoms with E-state index in [2.05, 4.69) is 24.3 Å². The Labute approximate surface area is 85.8 Å². The van der Waals surface area contributed by atoms with Gasteiger partial charge in [0, 0.05) is 0 Å². The molecule has 1 aliphatic carbocycles. The largest absolute Gasteiger partial charge is 0.390 e. The van der Waals surface area contributed by atoms with Crippen LogP contribution in [-0.4, -0.2) is 10.7 Å². The lowest BCUT2D eigenvalue weighted by Gasteiger charge is -2.25. The topological polar surface area (TPSA) is 20.2 Å². The van der Waals surface area contributed by atoms with Crippen molar-refractivity contribution in [3.8, 4) is 0 Å². The van der Waals surface area contributed by atoms with Gasteiger partial charge in [0.15, 0.2) is 0 Å². The zero-order chi connectivity index (χ0) is 10.0. The third-order valence-electron chi connectivity index (χ3n) is 3.44. The molecule has 0 aromatic heterocycles. The highest BCUT2D eigenvalue weighted by atomic mass is 16.3. The zero-order valence-corrected chi connectivity index (χ0v) is 8.74. The molecule has 0 spiro atoms.